The number of benzene rings is 1. The number of nitrogens with zero attached hydrogens (tertiary/aromatic N) is 1. The van der Waals surface area contributed by atoms with E-state index in [-0.39, 0.29) is 17.8 Å². The topological polar surface area (TPSA) is 29.5 Å². The average molecular weight is 294 g/mol. The molecule has 20 heavy (non-hydrogen) atoms. The fourth-order valence-corrected chi connectivity index (χ4v) is 4.10. The summed E-state index contributed by atoms with van der Waals surface area (Å²) >= 11 is 5.97. The molecule has 0 radical (unpaired) electrons. The van der Waals surface area contributed by atoms with Crippen molar-refractivity contribution in [3.63, 3.8) is 0 Å². The number of piperidine rings is 1. The molecule has 2 aliphatic heterocycles. The van der Waals surface area contributed by atoms with E-state index in [1.165, 1.54) is 19.1 Å². The molecule has 0 aromatic heterocycles. The SMILES string of the molecule is COC(=O)[C@H]1C2CCC(C[C@@H]1c1ccc(Cl)cc1)N2C. The number of methoxy groups -OCH3 is 1. The van der Waals surface area contributed by atoms with Crippen LogP contribution in [-0.2, 0) is 9.53 Å². The highest BCUT2D eigenvalue weighted by atomic mass is 35.5. The van der Waals surface area contributed by atoms with E-state index < -0.39 is 0 Å². The minimum Gasteiger partial charge on any atom is -0.469 e. The number of carbonyl (C=O) groups is 1. The van der Waals surface area contributed by atoms with Crippen molar-refractivity contribution in [2.45, 2.75) is 37.3 Å². The highest BCUT2D eigenvalue weighted by Crippen LogP contribution is 2.46. The van der Waals surface area contributed by atoms with Crippen molar-refractivity contribution in [3.05, 3.63) is 34.9 Å². The molecule has 0 N–H and O–H groups in total. The van der Waals surface area contributed by atoms with Gasteiger partial charge in [-0.15, -0.1) is 0 Å². The van der Waals surface area contributed by atoms with E-state index in [1.807, 2.05) is 24.3 Å². The zero-order valence-electron chi connectivity index (χ0n) is 11.9. The number of carbonyl (C=O) groups excluding carboxylic acids is 1. The van der Waals surface area contributed by atoms with Gasteiger partial charge in [-0.3, -0.25) is 9.69 Å². The van der Waals surface area contributed by atoms with Gasteiger partial charge in [0.25, 0.3) is 0 Å². The molecule has 2 unspecified atom stereocenters. The highest BCUT2D eigenvalue weighted by molar-refractivity contribution is 6.30. The Morgan fingerprint density at radius 2 is 2.00 bits per heavy atom. The number of ether oxygens (including phenoxy) is 1. The summed E-state index contributed by atoms with van der Waals surface area (Å²) in [6, 6.07) is 8.81. The summed E-state index contributed by atoms with van der Waals surface area (Å²) < 4.78 is 5.07. The van der Waals surface area contributed by atoms with Crippen LogP contribution in [0.2, 0.25) is 5.02 Å². The Balaban J connectivity index is 1.95. The average Bonchev–Trinajstić information content (AvgIpc) is 2.70. The van der Waals surface area contributed by atoms with Crippen molar-refractivity contribution in [1.82, 2.24) is 4.90 Å². The second-order valence-corrected chi connectivity index (χ2v) is 6.34. The summed E-state index contributed by atoms with van der Waals surface area (Å²) in [5, 5.41) is 0.735. The second kappa shape index (κ2) is 5.38. The van der Waals surface area contributed by atoms with Crippen LogP contribution in [0.4, 0.5) is 0 Å². The number of rotatable bonds is 2. The summed E-state index contributed by atoms with van der Waals surface area (Å²) in [4.78, 5) is 14.6. The molecule has 0 amide bonds. The fourth-order valence-electron chi connectivity index (χ4n) is 3.98. The lowest BCUT2D eigenvalue weighted by Crippen LogP contribution is -2.49. The van der Waals surface area contributed by atoms with Crippen LogP contribution in [0.15, 0.2) is 24.3 Å². The Bertz CT molecular complexity index is 502. The van der Waals surface area contributed by atoms with Crippen molar-refractivity contribution in [2.24, 2.45) is 5.92 Å². The first-order chi connectivity index (χ1) is 9.61. The molecule has 1 aromatic rings. The molecule has 0 spiro atoms. The zero-order valence-corrected chi connectivity index (χ0v) is 12.6. The predicted octanol–water partition coefficient (Wildman–Crippen LogP) is 3.08. The summed E-state index contributed by atoms with van der Waals surface area (Å²) in [5.74, 6) is 0.0977. The predicted molar refractivity (Wildman–Crippen MR) is 78.9 cm³/mol. The zero-order chi connectivity index (χ0) is 14.3. The van der Waals surface area contributed by atoms with E-state index in [0.29, 0.717) is 12.1 Å². The summed E-state index contributed by atoms with van der Waals surface area (Å²) in [6.45, 7) is 0. The molecule has 4 heteroatoms. The van der Waals surface area contributed by atoms with Crippen molar-refractivity contribution in [2.75, 3.05) is 14.2 Å². The molecule has 2 fully saturated rings. The van der Waals surface area contributed by atoms with Gasteiger partial charge >= 0.3 is 5.97 Å². The molecule has 2 aliphatic rings. The van der Waals surface area contributed by atoms with Crippen LogP contribution < -0.4 is 0 Å². The normalized spacial score (nSPS) is 33.1. The first-order valence-electron chi connectivity index (χ1n) is 7.17. The molecule has 0 saturated carbocycles. The Morgan fingerprint density at radius 3 is 2.65 bits per heavy atom. The van der Waals surface area contributed by atoms with E-state index >= 15 is 0 Å². The van der Waals surface area contributed by atoms with Crippen LogP contribution in [0.5, 0.6) is 0 Å². The third-order valence-corrected chi connectivity index (χ3v) is 5.29. The molecular formula is C16H20ClNO2. The number of halogens is 1. The van der Waals surface area contributed by atoms with E-state index in [2.05, 4.69) is 11.9 Å². The van der Waals surface area contributed by atoms with E-state index in [0.717, 1.165) is 17.9 Å². The maximum absolute atomic E-state index is 12.3. The quantitative estimate of drug-likeness (QED) is 0.785. The molecule has 0 aliphatic carbocycles. The van der Waals surface area contributed by atoms with Gasteiger partial charge in [-0.05, 0) is 44.0 Å². The van der Waals surface area contributed by atoms with Crippen molar-refractivity contribution < 1.29 is 9.53 Å². The van der Waals surface area contributed by atoms with Gasteiger partial charge in [0.05, 0.1) is 13.0 Å². The van der Waals surface area contributed by atoms with Crippen LogP contribution >= 0.6 is 11.6 Å². The molecule has 2 bridgehead atoms. The minimum atomic E-state index is -0.0813. The summed E-state index contributed by atoms with van der Waals surface area (Å²) in [5.41, 5.74) is 1.20. The van der Waals surface area contributed by atoms with Gasteiger partial charge < -0.3 is 4.74 Å². The monoisotopic (exact) mass is 293 g/mol. The Labute approximate surface area is 124 Å². The van der Waals surface area contributed by atoms with Gasteiger partial charge in [-0.1, -0.05) is 23.7 Å². The van der Waals surface area contributed by atoms with Crippen LogP contribution in [-0.4, -0.2) is 37.1 Å². The van der Waals surface area contributed by atoms with Gasteiger partial charge in [0.15, 0.2) is 0 Å². The number of hydrogen-bond acceptors (Lipinski definition) is 3. The Kier molecular flexibility index (Phi) is 3.74. The maximum atomic E-state index is 12.3. The van der Waals surface area contributed by atoms with Crippen molar-refractivity contribution >= 4 is 17.6 Å². The maximum Gasteiger partial charge on any atom is 0.310 e. The van der Waals surface area contributed by atoms with Crippen LogP contribution in [0, 0.1) is 5.92 Å². The van der Waals surface area contributed by atoms with Crippen LogP contribution in [0.3, 0.4) is 0 Å². The third-order valence-electron chi connectivity index (χ3n) is 5.04. The third kappa shape index (κ3) is 2.23. The summed E-state index contributed by atoms with van der Waals surface area (Å²) in [6.07, 6.45) is 3.29. The smallest absolute Gasteiger partial charge is 0.310 e. The highest BCUT2D eigenvalue weighted by Gasteiger charge is 2.49. The lowest BCUT2D eigenvalue weighted by Gasteiger charge is -2.41. The van der Waals surface area contributed by atoms with E-state index in [1.54, 1.807) is 0 Å². The second-order valence-electron chi connectivity index (χ2n) is 5.91. The molecule has 3 rings (SSSR count). The van der Waals surface area contributed by atoms with Gasteiger partial charge in [0, 0.05) is 23.0 Å². The first-order valence-corrected chi connectivity index (χ1v) is 7.55. The lowest BCUT2D eigenvalue weighted by atomic mass is 9.76. The van der Waals surface area contributed by atoms with Crippen molar-refractivity contribution in [1.29, 1.82) is 0 Å². The number of esters is 1. The van der Waals surface area contributed by atoms with Gasteiger partial charge in [-0.2, -0.15) is 0 Å². The Morgan fingerprint density at radius 1 is 1.30 bits per heavy atom. The minimum absolute atomic E-state index is 0.0649. The van der Waals surface area contributed by atoms with Crippen LogP contribution in [0.25, 0.3) is 0 Å². The van der Waals surface area contributed by atoms with Crippen LogP contribution in [0.1, 0.15) is 30.7 Å². The lowest BCUT2D eigenvalue weighted by molar-refractivity contribution is -0.150. The van der Waals surface area contributed by atoms with E-state index in [4.69, 9.17) is 16.3 Å². The molecule has 2 saturated heterocycles. The standard InChI is InChI=1S/C16H20ClNO2/c1-18-12-7-8-14(18)15(16(19)20-2)13(9-12)10-3-5-11(17)6-4-10/h3-6,12-15H,7-9H2,1-2H3/t12?,13-,14?,15-/m1/s1. The fraction of sp³-hybridized carbons (Fsp3) is 0.562. The van der Waals surface area contributed by atoms with E-state index in [9.17, 15) is 4.79 Å². The molecule has 108 valence electrons. The molecule has 2 heterocycles. The number of fused-ring (bicyclic) bond motifs is 2. The molecular weight excluding hydrogens is 274 g/mol. The van der Waals surface area contributed by atoms with Crippen molar-refractivity contribution in [3.8, 4) is 0 Å². The number of hydrogen-bond donors (Lipinski definition) is 0. The molecule has 1 aromatic carbocycles. The first kappa shape index (κ1) is 13.9. The largest absolute Gasteiger partial charge is 0.469 e. The molecule has 3 nitrogen and oxygen atoms in total. The summed E-state index contributed by atoms with van der Waals surface area (Å²) in [7, 11) is 3.62. The molecule has 4 atom stereocenters. The van der Waals surface area contributed by atoms with Gasteiger partial charge in [0.1, 0.15) is 0 Å². The van der Waals surface area contributed by atoms with Gasteiger partial charge in [-0.25, -0.2) is 0 Å². The Hall–Kier alpha value is -1.06. The van der Waals surface area contributed by atoms with Gasteiger partial charge in [0.2, 0.25) is 0 Å².